The average Bonchev–Trinajstić information content (AvgIpc) is 3.09. The molecule has 0 aromatic rings. The maximum Gasteiger partial charge on any atom is 0.139 e. The second kappa shape index (κ2) is 5.25. The molecule has 0 bridgehead atoms. The summed E-state index contributed by atoms with van der Waals surface area (Å²) >= 11 is 0. The molecule has 2 aliphatic rings. The summed E-state index contributed by atoms with van der Waals surface area (Å²) in [4.78, 5) is 2.64. The predicted molar refractivity (Wildman–Crippen MR) is 69.2 cm³/mol. The maximum absolute atomic E-state index is 8.68. The molecule has 4 heteroatoms. The lowest BCUT2D eigenvalue weighted by Crippen LogP contribution is -2.43. The molecule has 0 spiro atoms. The van der Waals surface area contributed by atoms with E-state index >= 15 is 0 Å². The fourth-order valence-corrected chi connectivity index (χ4v) is 3.15. The molecule has 4 nitrogen and oxygen atoms in total. The number of hydrogen-bond acceptors (Lipinski definition) is 3. The van der Waals surface area contributed by atoms with Crippen LogP contribution in [0.3, 0.4) is 0 Å². The van der Waals surface area contributed by atoms with Gasteiger partial charge in [0.2, 0.25) is 0 Å². The Morgan fingerprint density at radius 3 is 2.82 bits per heavy atom. The topological polar surface area (TPSA) is 61.8 Å². The van der Waals surface area contributed by atoms with Crippen LogP contribution in [0.1, 0.15) is 51.9 Å². The molecular formula is C13H25N3O. The van der Waals surface area contributed by atoms with Gasteiger partial charge in [0.05, 0.1) is 0 Å². The van der Waals surface area contributed by atoms with E-state index in [9.17, 15) is 0 Å². The minimum absolute atomic E-state index is 0.321. The smallest absolute Gasteiger partial charge is 0.139 e. The van der Waals surface area contributed by atoms with Crippen LogP contribution in [0.5, 0.6) is 0 Å². The highest BCUT2D eigenvalue weighted by Crippen LogP contribution is 2.50. The number of rotatable bonds is 5. The summed E-state index contributed by atoms with van der Waals surface area (Å²) in [5.74, 6) is 0.396. The van der Waals surface area contributed by atoms with E-state index in [1.165, 1.54) is 45.1 Å². The molecule has 1 aliphatic carbocycles. The number of hydrogen-bond donors (Lipinski definition) is 2. The van der Waals surface area contributed by atoms with E-state index in [1.807, 2.05) is 0 Å². The third-order valence-electron chi connectivity index (χ3n) is 4.40. The molecule has 0 aromatic heterocycles. The number of piperidine rings is 1. The number of amidine groups is 1. The molecule has 1 atom stereocenters. The van der Waals surface area contributed by atoms with Gasteiger partial charge in [0.15, 0.2) is 0 Å². The van der Waals surface area contributed by atoms with E-state index < -0.39 is 0 Å². The van der Waals surface area contributed by atoms with Gasteiger partial charge in [-0.3, -0.25) is 4.90 Å². The molecule has 0 aromatic carbocycles. The normalized spacial score (nSPS) is 29.2. The Kier molecular flexibility index (Phi) is 3.92. The van der Waals surface area contributed by atoms with Crippen molar-refractivity contribution < 1.29 is 5.21 Å². The number of nitrogens with two attached hydrogens (primary N) is 1. The van der Waals surface area contributed by atoms with Gasteiger partial charge in [0.25, 0.3) is 0 Å². The summed E-state index contributed by atoms with van der Waals surface area (Å²) in [6, 6.07) is 0.758. The standard InChI is InChI=1S/C13H25N3O/c1-2-11-5-3-4-8-16(11)10-13(6-7-13)9-12(14)15-17/h11,17H,2-10H2,1H3,(H2,14,15). The van der Waals surface area contributed by atoms with Gasteiger partial charge in [-0.05, 0) is 44.1 Å². The van der Waals surface area contributed by atoms with Crippen molar-refractivity contribution in [3.8, 4) is 0 Å². The molecule has 0 amide bonds. The van der Waals surface area contributed by atoms with E-state index in [1.54, 1.807) is 0 Å². The van der Waals surface area contributed by atoms with Gasteiger partial charge < -0.3 is 10.9 Å². The van der Waals surface area contributed by atoms with Gasteiger partial charge in [-0.1, -0.05) is 18.5 Å². The second-order valence-corrected chi connectivity index (χ2v) is 5.80. The van der Waals surface area contributed by atoms with Gasteiger partial charge in [0, 0.05) is 19.0 Å². The molecular weight excluding hydrogens is 214 g/mol. The molecule has 3 N–H and O–H groups in total. The Labute approximate surface area is 104 Å². The zero-order chi connectivity index (χ0) is 12.3. The van der Waals surface area contributed by atoms with E-state index in [2.05, 4.69) is 17.0 Å². The molecule has 2 rings (SSSR count). The third kappa shape index (κ3) is 3.12. The molecule has 2 fully saturated rings. The van der Waals surface area contributed by atoms with Crippen LogP contribution in [0.2, 0.25) is 0 Å². The number of likely N-dealkylation sites (tertiary alicyclic amines) is 1. The van der Waals surface area contributed by atoms with Crippen LogP contribution in [0.15, 0.2) is 5.16 Å². The lowest BCUT2D eigenvalue weighted by atomic mass is 9.95. The molecule has 1 aliphatic heterocycles. The first-order chi connectivity index (χ1) is 8.19. The van der Waals surface area contributed by atoms with E-state index in [-0.39, 0.29) is 0 Å². The fourth-order valence-electron chi connectivity index (χ4n) is 3.15. The van der Waals surface area contributed by atoms with Crippen molar-refractivity contribution in [2.24, 2.45) is 16.3 Å². The van der Waals surface area contributed by atoms with Crippen LogP contribution in [0.25, 0.3) is 0 Å². The van der Waals surface area contributed by atoms with Crippen molar-refractivity contribution in [1.82, 2.24) is 4.90 Å². The zero-order valence-electron chi connectivity index (χ0n) is 10.9. The first-order valence-electron chi connectivity index (χ1n) is 6.89. The molecule has 1 saturated carbocycles. The van der Waals surface area contributed by atoms with Crippen molar-refractivity contribution in [2.75, 3.05) is 13.1 Å². The Morgan fingerprint density at radius 1 is 1.47 bits per heavy atom. The first-order valence-corrected chi connectivity index (χ1v) is 6.89. The molecule has 98 valence electrons. The van der Waals surface area contributed by atoms with Crippen molar-refractivity contribution in [3.05, 3.63) is 0 Å². The molecule has 1 saturated heterocycles. The van der Waals surface area contributed by atoms with Gasteiger partial charge in [0.1, 0.15) is 5.84 Å². The van der Waals surface area contributed by atoms with Gasteiger partial charge in [-0.15, -0.1) is 0 Å². The Morgan fingerprint density at radius 2 is 2.24 bits per heavy atom. The SMILES string of the molecule is CCC1CCCCN1CC1(CC(N)=NO)CC1. The summed E-state index contributed by atoms with van der Waals surface area (Å²) in [7, 11) is 0. The highest BCUT2D eigenvalue weighted by molar-refractivity contribution is 5.80. The van der Waals surface area contributed by atoms with E-state index in [0.29, 0.717) is 11.3 Å². The van der Waals surface area contributed by atoms with E-state index in [4.69, 9.17) is 10.9 Å². The van der Waals surface area contributed by atoms with Crippen LogP contribution < -0.4 is 5.73 Å². The van der Waals surface area contributed by atoms with Crippen molar-refractivity contribution >= 4 is 5.84 Å². The lowest BCUT2D eigenvalue weighted by Gasteiger charge is -2.37. The minimum atomic E-state index is 0.321. The monoisotopic (exact) mass is 239 g/mol. The predicted octanol–water partition coefficient (Wildman–Crippen LogP) is 2.17. The van der Waals surface area contributed by atoms with Crippen molar-refractivity contribution in [3.63, 3.8) is 0 Å². The first kappa shape index (κ1) is 12.7. The molecule has 1 heterocycles. The minimum Gasteiger partial charge on any atom is -0.409 e. The second-order valence-electron chi connectivity index (χ2n) is 5.80. The summed E-state index contributed by atoms with van der Waals surface area (Å²) in [5, 5.41) is 11.8. The highest BCUT2D eigenvalue weighted by atomic mass is 16.4. The van der Waals surface area contributed by atoms with Crippen molar-refractivity contribution in [2.45, 2.75) is 57.9 Å². The Bertz CT molecular complexity index is 286. The number of oxime groups is 1. The van der Waals surface area contributed by atoms with Gasteiger partial charge >= 0.3 is 0 Å². The summed E-state index contributed by atoms with van der Waals surface area (Å²) in [6.07, 6.45) is 8.52. The zero-order valence-corrected chi connectivity index (χ0v) is 10.9. The van der Waals surface area contributed by atoms with Crippen LogP contribution >= 0.6 is 0 Å². The highest BCUT2D eigenvalue weighted by Gasteiger charge is 2.45. The van der Waals surface area contributed by atoms with Crippen LogP contribution in [0.4, 0.5) is 0 Å². The summed E-state index contributed by atoms with van der Waals surface area (Å²) in [5.41, 5.74) is 5.97. The quantitative estimate of drug-likeness (QED) is 0.334. The van der Waals surface area contributed by atoms with Crippen molar-refractivity contribution in [1.29, 1.82) is 0 Å². The largest absolute Gasteiger partial charge is 0.409 e. The Balaban J connectivity index is 1.90. The average molecular weight is 239 g/mol. The molecule has 1 unspecified atom stereocenters. The van der Waals surface area contributed by atoms with Gasteiger partial charge in [-0.25, -0.2) is 0 Å². The van der Waals surface area contributed by atoms with Crippen LogP contribution in [0, 0.1) is 5.41 Å². The molecule has 0 radical (unpaired) electrons. The van der Waals surface area contributed by atoms with E-state index in [0.717, 1.165) is 19.0 Å². The Hall–Kier alpha value is -0.770. The third-order valence-corrected chi connectivity index (χ3v) is 4.40. The maximum atomic E-state index is 8.68. The van der Waals surface area contributed by atoms with Gasteiger partial charge in [-0.2, -0.15) is 0 Å². The number of nitrogens with zero attached hydrogens (tertiary/aromatic N) is 2. The summed E-state index contributed by atoms with van der Waals surface area (Å²) < 4.78 is 0. The lowest BCUT2D eigenvalue weighted by molar-refractivity contribution is 0.116. The van der Waals surface area contributed by atoms with Crippen LogP contribution in [-0.2, 0) is 0 Å². The van der Waals surface area contributed by atoms with Crippen LogP contribution in [-0.4, -0.2) is 35.1 Å². The molecule has 17 heavy (non-hydrogen) atoms. The fraction of sp³-hybridized carbons (Fsp3) is 0.923. The summed E-state index contributed by atoms with van der Waals surface area (Å²) in [6.45, 7) is 4.66.